The minimum atomic E-state index is 0.135. The highest BCUT2D eigenvalue weighted by molar-refractivity contribution is 9.10. The first-order chi connectivity index (χ1) is 7.63. The lowest BCUT2D eigenvalue weighted by atomic mass is 10.5. The summed E-state index contributed by atoms with van der Waals surface area (Å²) in [5, 5.41) is 0.473. The summed E-state index contributed by atoms with van der Waals surface area (Å²) in [6.07, 6.45) is 3.01. The summed E-state index contributed by atoms with van der Waals surface area (Å²) in [7, 11) is 0. The molecule has 0 saturated carbocycles. The molecule has 0 aromatic carbocycles. The normalized spacial score (nSPS) is 10.1. The van der Waals surface area contributed by atoms with Crippen LogP contribution in [-0.4, -0.2) is 15.0 Å². The highest BCUT2D eigenvalue weighted by Gasteiger charge is 2.04. The van der Waals surface area contributed by atoms with Crippen molar-refractivity contribution in [1.82, 2.24) is 15.0 Å². The highest BCUT2D eigenvalue weighted by atomic mass is 79.9. The fourth-order valence-corrected chi connectivity index (χ4v) is 1.56. The molecule has 0 unspecified atom stereocenters. The number of pyridine rings is 1. The van der Waals surface area contributed by atoms with Gasteiger partial charge >= 0.3 is 6.01 Å². The zero-order valence-corrected chi connectivity index (χ0v) is 10.2. The predicted octanol–water partition coefficient (Wildman–Crippen LogP) is 2.66. The Morgan fingerprint density at radius 3 is 2.75 bits per heavy atom. The molecule has 2 aromatic rings. The number of hydrogen-bond acceptors (Lipinski definition) is 5. The van der Waals surface area contributed by atoms with Gasteiger partial charge in [0.15, 0.2) is 5.75 Å². The maximum absolute atomic E-state index is 5.76. The van der Waals surface area contributed by atoms with Gasteiger partial charge in [0.05, 0.1) is 11.2 Å². The Hall–Kier alpha value is -1.40. The van der Waals surface area contributed by atoms with E-state index >= 15 is 0 Å². The van der Waals surface area contributed by atoms with Gasteiger partial charge in [-0.15, -0.1) is 0 Å². The zero-order chi connectivity index (χ0) is 11.5. The first-order valence-corrected chi connectivity index (χ1v) is 5.39. The van der Waals surface area contributed by atoms with Gasteiger partial charge in [0, 0.05) is 18.3 Å². The molecule has 0 fully saturated rings. The van der Waals surface area contributed by atoms with Crippen LogP contribution in [0.2, 0.25) is 5.02 Å². The van der Waals surface area contributed by atoms with Crippen LogP contribution in [0.15, 0.2) is 29.1 Å². The first-order valence-electron chi connectivity index (χ1n) is 4.22. The van der Waals surface area contributed by atoms with Crippen LogP contribution >= 0.6 is 27.5 Å². The summed E-state index contributed by atoms with van der Waals surface area (Å²) in [6.45, 7) is 0. The van der Waals surface area contributed by atoms with Gasteiger partial charge in [-0.1, -0.05) is 11.6 Å². The number of hydrogen-bond donors (Lipinski definition) is 1. The van der Waals surface area contributed by atoms with E-state index in [9.17, 15) is 0 Å². The third-order valence-corrected chi connectivity index (χ3v) is 2.20. The number of anilines is 1. The van der Waals surface area contributed by atoms with E-state index in [4.69, 9.17) is 22.1 Å². The predicted molar refractivity (Wildman–Crippen MR) is 63.5 cm³/mol. The minimum absolute atomic E-state index is 0.135. The molecule has 0 bridgehead atoms. The van der Waals surface area contributed by atoms with Gasteiger partial charge in [0.1, 0.15) is 10.4 Å². The van der Waals surface area contributed by atoms with Crippen molar-refractivity contribution in [3.05, 3.63) is 34.2 Å². The van der Waals surface area contributed by atoms with Crippen LogP contribution in [0, 0.1) is 0 Å². The van der Waals surface area contributed by atoms with E-state index in [1.807, 2.05) is 0 Å². The van der Waals surface area contributed by atoms with Gasteiger partial charge in [-0.3, -0.25) is 4.98 Å². The molecule has 2 aromatic heterocycles. The summed E-state index contributed by atoms with van der Waals surface area (Å²) < 4.78 is 5.89. The van der Waals surface area contributed by atoms with Crippen molar-refractivity contribution in [1.29, 1.82) is 0 Å². The van der Waals surface area contributed by atoms with E-state index in [2.05, 4.69) is 30.9 Å². The fourth-order valence-electron chi connectivity index (χ4n) is 1.01. The Kier molecular flexibility index (Phi) is 3.21. The SMILES string of the molecule is Nc1cc(Br)nc(Oc2cncc(Cl)c2)n1. The number of nitrogen functional groups attached to an aromatic ring is 1. The lowest BCUT2D eigenvalue weighted by molar-refractivity contribution is 0.439. The van der Waals surface area contributed by atoms with Gasteiger partial charge < -0.3 is 10.5 Å². The molecule has 0 aliphatic carbocycles. The van der Waals surface area contributed by atoms with Gasteiger partial charge in [-0.2, -0.15) is 9.97 Å². The Labute approximate surface area is 105 Å². The first kappa shape index (κ1) is 11.1. The number of rotatable bonds is 2. The molecule has 2 heterocycles. The Bertz CT molecular complexity index is 502. The standard InChI is InChI=1S/C9H6BrClN4O/c10-7-2-8(12)15-9(14-7)16-6-1-5(11)3-13-4-6/h1-4H,(H2,12,14,15). The summed E-state index contributed by atoms with van der Waals surface area (Å²) in [6, 6.07) is 3.31. The van der Waals surface area contributed by atoms with E-state index < -0.39 is 0 Å². The van der Waals surface area contributed by atoms with Crippen LogP contribution in [0.25, 0.3) is 0 Å². The maximum Gasteiger partial charge on any atom is 0.325 e. The quantitative estimate of drug-likeness (QED) is 0.863. The van der Waals surface area contributed by atoms with E-state index in [-0.39, 0.29) is 6.01 Å². The van der Waals surface area contributed by atoms with Crippen LogP contribution in [0.3, 0.4) is 0 Å². The van der Waals surface area contributed by atoms with Crippen LogP contribution in [0.4, 0.5) is 5.82 Å². The summed E-state index contributed by atoms with van der Waals surface area (Å²) in [4.78, 5) is 11.8. The van der Waals surface area contributed by atoms with E-state index in [0.29, 0.717) is 21.2 Å². The second kappa shape index (κ2) is 4.63. The third-order valence-electron chi connectivity index (χ3n) is 1.58. The molecule has 82 valence electrons. The Morgan fingerprint density at radius 1 is 1.25 bits per heavy atom. The molecular weight excluding hydrogens is 295 g/mol. The molecule has 7 heteroatoms. The Morgan fingerprint density at radius 2 is 2.06 bits per heavy atom. The molecule has 0 radical (unpaired) electrons. The van der Waals surface area contributed by atoms with Crippen molar-refractivity contribution in [3.8, 4) is 11.8 Å². The molecule has 16 heavy (non-hydrogen) atoms. The van der Waals surface area contributed by atoms with Gasteiger partial charge in [0.2, 0.25) is 0 Å². The number of nitrogens with two attached hydrogens (primary N) is 1. The molecule has 5 nitrogen and oxygen atoms in total. The highest BCUT2D eigenvalue weighted by Crippen LogP contribution is 2.22. The second-order valence-electron chi connectivity index (χ2n) is 2.84. The van der Waals surface area contributed by atoms with Crippen molar-refractivity contribution in [2.24, 2.45) is 0 Å². The maximum atomic E-state index is 5.76. The fraction of sp³-hybridized carbons (Fsp3) is 0. The van der Waals surface area contributed by atoms with Gasteiger partial charge in [0.25, 0.3) is 0 Å². The monoisotopic (exact) mass is 300 g/mol. The van der Waals surface area contributed by atoms with Crippen LogP contribution < -0.4 is 10.5 Å². The molecule has 0 saturated heterocycles. The molecule has 0 atom stereocenters. The molecule has 0 aliphatic rings. The van der Waals surface area contributed by atoms with Gasteiger partial charge in [-0.25, -0.2) is 0 Å². The van der Waals surface area contributed by atoms with Crippen molar-refractivity contribution >= 4 is 33.3 Å². The van der Waals surface area contributed by atoms with E-state index in [0.717, 1.165) is 0 Å². The number of halogens is 2. The number of aromatic nitrogens is 3. The smallest absolute Gasteiger partial charge is 0.325 e. The van der Waals surface area contributed by atoms with Crippen LogP contribution in [0.1, 0.15) is 0 Å². The average Bonchev–Trinajstić information content (AvgIpc) is 2.15. The molecule has 2 rings (SSSR count). The lowest BCUT2D eigenvalue weighted by Crippen LogP contribution is -1.97. The van der Waals surface area contributed by atoms with Crippen molar-refractivity contribution < 1.29 is 4.74 Å². The average molecular weight is 302 g/mol. The van der Waals surface area contributed by atoms with E-state index in [1.54, 1.807) is 12.1 Å². The minimum Gasteiger partial charge on any atom is -0.423 e. The van der Waals surface area contributed by atoms with Crippen molar-refractivity contribution in [3.63, 3.8) is 0 Å². The van der Waals surface area contributed by atoms with Crippen molar-refractivity contribution in [2.45, 2.75) is 0 Å². The summed E-state index contributed by atoms with van der Waals surface area (Å²) >= 11 is 8.94. The summed E-state index contributed by atoms with van der Waals surface area (Å²) in [5.41, 5.74) is 5.54. The van der Waals surface area contributed by atoms with Gasteiger partial charge in [-0.05, 0) is 15.9 Å². The van der Waals surface area contributed by atoms with Crippen LogP contribution in [-0.2, 0) is 0 Å². The second-order valence-corrected chi connectivity index (χ2v) is 4.09. The molecule has 0 amide bonds. The zero-order valence-electron chi connectivity index (χ0n) is 7.89. The molecule has 0 spiro atoms. The van der Waals surface area contributed by atoms with Crippen LogP contribution in [0.5, 0.6) is 11.8 Å². The van der Waals surface area contributed by atoms with Crippen molar-refractivity contribution in [2.75, 3.05) is 5.73 Å². The molecular formula is C9H6BrClN4O. The largest absolute Gasteiger partial charge is 0.423 e. The van der Waals surface area contributed by atoms with E-state index in [1.165, 1.54) is 12.4 Å². The third kappa shape index (κ3) is 2.80. The number of ether oxygens (including phenoxy) is 1. The summed E-state index contributed by atoms with van der Waals surface area (Å²) in [5.74, 6) is 0.761. The number of nitrogens with zero attached hydrogens (tertiary/aromatic N) is 3. The molecule has 2 N–H and O–H groups in total. The molecule has 0 aliphatic heterocycles. The lowest BCUT2D eigenvalue weighted by Gasteiger charge is -2.04. The Balaban J connectivity index is 2.27. The topological polar surface area (TPSA) is 73.9 Å².